The zero-order valence-corrected chi connectivity index (χ0v) is 12.3. The van der Waals surface area contributed by atoms with Crippen LogP contribution < -0.4 is 10.1 Å². The third-order valence-corrected chi connectivity index (χ3v) is 3.14. The quantitative estimate of drug-likeness (QED) is 0.840. The van der Waals surface area contributed by atoms with Crippen molar-refractivity contribution in [2.75, 3.05) is 13.2 Å². The molecule has 5 heteroatoms. The van der Waals surface area contributed by atoms with Gasteiger partial charge < -0.3 is 10.1 Å². The molecule has 2 rings (SSSR count). The lowest BCUT2D eigenvalue weighted by Crippen LogP contribution is -2.21. The Morgan fingerprint density at radius 3 is 2.65 bits per heavy atom. The molecule has 0 aliphatic rings. The lowest BCUT2D eigenvalue weighted by atomic mass is 10.1. The maximum atomic E-state index is 5.44. The fraction of sp³-hybridized carbons (Fsp3) is 0.467. The summed E-state index contributed by atoms with van der Waals surface area (Å²) < 4.78 is 7.17. The summed E-state index contributed by atoms with van der Waals surface area (Å²) in [5.74, 6) is 1.79. The third-order valence-electron chi connectivity index (χ3n) is 3.14. The van der Waals surface area contributed by atoms with E-state index >= 15 is 0 Å². The monoisotopic (exact) mass is 274 g/mol. The van der Waals surface area contributed by atoms with Crippen molar-refractivity contribution in [2.24, 2.45) is 7.05 Å². The van der Waals surface area contributed by atoms with Gasteiger partial charge in [0.1, 0.15) is 12.1 Å². The number of nitrogens with one attached hydrogen (secondary N) is 1. The molecule has 5 nitrogen and oxygen atoms in total. The molecule has 0 amide bonds. The number of rotatable bonds is 7. The largest absolute Gasteiger partial charge is 0.494 e. The van der Waals surface area contributed by atoms with E-state index in [4.69, 9.17) is 4.74 Å². The van der Waals surface area contributed by atoms with Crippen LogP contribution in [0.3, 0.4) is 0 Å². The van der Waals surface area contributed by atoms with E-state index in [0.717, 1.165) is 24.5 Å². The van der Waals surface area contributed by atoms with Crippen molar-refractivity contribution in [1.29, 1.82) is 0 Å². The summed E-state index contributed by atoms with van der Waals surface area (Å²) in [5.41, 5.74) is 1.25. The average molecular weight is 274 g/mol. The van der Waals surface area contributed by atoms with Gasteiger partial charge in [-0.1, -0.05) is 12.1 Å². The fourth-order valence-electron chi connectivity index (χ4n) is 2.04. The molecular weight excluding hydrogens is 252 g/mol. The van der Waals surface area contributed by atoms with Crippen LogP contribution in [0.25, 0.3) is 0 Å². The number of nitrogens with zero attached hydrogens (tertiary/aromatic N) is 3. The van der Waals surface area contributed by atoms with E-state index in [2.05, 4.69) is 34.5 Å². The van der Waals surface area contributed by atoms with Gasteiger partial charge in [0.25, 0.3) is 0 Å². The first kappa shape index (κ1) is 14.5. The van der Waals surface area contributed by atoms with Crippen LogP contribution in [0.4, 0.5) is 0 Å². The van der Waals surface area contributed by atoms with E-state index in [0.29, 0.717) is 12.6 Å². The van der Waals surface area contributed by atoms with E-state index < -0.39 is 0 Å². The zero-order valence-electron chi connectivity index (χ0n) is 12.3. The van der Waals surface area contributed by atoms with Gasteiger partial charge in [-0.3, -0.25) is 4.68 Å². The Balaban J connectivity index is 1.80. The second-order valence-corrected chi connectivity index (χ2v) is 4.76. The normalized spacial score (nSPS) is 12.3. The van der Waals surface area contributed by atoms with Crippen molar-refractivity contribution in [3.05, 3.63) is 42.0 Å². The fourth-order valence-corrected chi connectivity index (χ4v) is 2.04. The highest BCUT2D eigenvalue weighted by atomic mass is 16.5. The third kappa shape index (κ3) is 4.06. The lowest BCUT2D eigenvalue weighted by Gasteiger charge is -2.14. The van der Waals surface area contributed by atoms with Crippen LogP contribution in [-0.4, -0.2) is 27.9 Å². The second-order valence-electron chi connectivity index (χ2n) is 4.76. The minimum absolute atomic E-state index is 0.300. The summed E-state index contributed by atoms with van der Waals surface area (Å²) in [6.45, 7) is 5.70. The number of benzene rings is 1. The number of aromatic nitrogens is 3. The average Bonchev–Trinajstić information content (AvgIpc) is 2.85. The minimum atomic E-state index is 0.300. The molecule has 1 unspecified atom stereocenters. The van der Waals surface area contributed by atoms with Crippen LogP contribution in [-0.2, 0) is 13.5 Å². The predicted molar refractivity (Wildman–Crippen MR) is 78.7 cm³/mol. The molecule has 0 bridgehead atoms. The smallest absolute Gasteiger partial charge is 0.151 e. The molecule has 0 saturated heterocycles. The van der Waals surface area contributed by atoms with Crippen LogP contribution in [0.5, 0.6) is 5.75 Å². The Bertz CT molecular complexity index is 521. The van der Waals surface area contributed by atoms with E-state index in [1.165, 1.54) is 5.56 Å². The highest BCUT2D eigenvalue weighted by molar-refractivity contribution is 5.28. The summed E-state index contributed by atoms with van der Waals surface area (Å²) in [6.07, 6.45) is 2.56. The molecule has 0 aliphatic heterocycles. The maximum absolute atomic E-state index is 5.44. The van der Waals surface area contributed by atoms with Gasteiger partial charge in [0, 0.05) is 26.1 Å². The minimum Gasteiger partial charge on any atom is -0.494 e. The van der Waals surface area contributed by atoms with E-state index in [1.807, 2.05) is 26.1 Å². The van der Waals surface area contributed by atoms with Crippen molar-refractivity contribution >= 4 is 0 Å². The Hall–Kier alpha value is -1.88. The van der Waals surface area contributed by atoms with Gasteiger partial charge in [-0.25, -0.2) is 4.98 Å². The molecule has 2 aromatic rings. The van der Waals surface area contributed by atoms with Gasteiger partial charge in [0.15, 0.2) is 5.82 Å². The molecule has 1 aromatic heterocycles. The Labute approximate surface area is 120 Å². The van der Waals surface area contributed by atoms with Crippen LogP contribution in [0.1, 0.15) is 31.3 Å². The van der Waals surface area contributed by atoms with Crippen molar-refractivity contribution in [3.63, 3.8) is 0 Å². The molecular formula is C15H22N4O. The molecule has 108 valence electrons. The molecule has 1 aromatic carbocycles. The molecule has 20 heavy (non-hydrogen) atoms. The summed E-state index contributed by atoms with van der Waals surface area (Å²) in [4.78, 5) is 4.21. The van der Waals surface area contributed by atoms with E-state index in [9.17, 15) is 0 Å². The van der Waals surface area contributed by atoms with Crippen LogP contribution in [0.15, 0.2) is 30.6 Å². The Morgan fingerprint density at radius 2 is 2.05 bits per heavy atom. The van der Waals surface area contributed by atoms with Crippen molar-refractivity contribution in [3.8, 4) is 5.75 Å². The van der Waals surface area contributed by atoms with Gasteiger partial charge >= 0.3 is 0 Å². The molecule has 1 atom stereocenters. The predicted octanol–water partition coefficient (Wildman–Crippen LogP) is 2.11. The summed E-state index contributed by atoms with van der Waals surface area (Å²) in [6, 6.07) is 8.52. The summed E-state index contributed by atoms with van der Waals surface area (Å²) in [7, 11) is 1.88. The highest BCUT2D eigenvalue weighted by Crippen LogP contribution is 2.17. The lowest BCUT2D eigenvalue weighted by molar-refractivity contribution is 0.340. The van der Waals surface area contributed by atoms with Crippen molar-refractivity contribution < 1.29 is 4.74 Å². The first-order chi connectivity index (χ1) is 9.69. The van der Waals surface area contributed by atoms with Gasteiger partial charge in [-0.15, -0.1) is 0 Å². The Morgan fingerprint density at radius 1 is 1.30 bits per heavy atom. The van der Waals surface area contributed by atoms with Crippen LogP contribution in [0.2, 0.25) is 0 Å². The number of hydrogen-bond donors (Lipinski definition) is 1. The molecule has 0 spiro atoms. The maximum Gasteiger partial charge on any atom is 0.151 e. The van der Waals surface area contributed by atoms with Gasteiger partial charge in [-0.05, 0) is 31.5 Å². The number of ether oxygens (including phenoxy) is 1. The number of hydrogen-bond acceptors (Lipinski definition) is 4. The second kappa shape index (κ2) is 7.05. The molecule has 1 heterocycles. The molecule has 0 saturated carbocycles. The van der Waals surface area contributed by atoms with Crippen LogP contribution in [0, 0.1) is 0 Å². The summed E-state index contributed by atoms with van der Waals surface area (Å²) >= 11 is 0. The summed E-state index contributed by atoms with van der Waals surface area (Å²) in [5, 5.41) is 7.74. The van der Waals surface area contributed by atoms with Crippen molar-refractivity contribution in [2.45, 2.75) is 26.3 Å². The van der Waals surface area contributed by atoms with Gasteiger partial charge in [0.2, 0.25) is 0 Å². The van der Waals surface area contributed by atoms with Gasteiger partial charge in [0.05, 0.1) is 6.61 Å². The first-order valence-corrected chi connectivity index (χ1v) is 6.99. The topological polar surface area (TPSA) is 52.0 Å². The molecule has 1 N–H and O–H groups in total. The highest BCUT2D eigenvalue weighted by Gasteiger charge is 2.06. The van der Waals surface area contributed by atoms with Gasteiger partial charge in [-0.2, -0.15) is 5.10 Å². The molecule has 0 aliphatic carbocycles. The first-order valence-electron chi connectivity index (χ1n) is 6.99. The Kier molecular flexibility index (Phi) is 5.12. The van der Waals surface area contributed by atoms with Crippen LogP contribution >= 0.6 is 0 Å². The molecule has 0 radical (unpaired) electrons. The zero-order chi connectivity index (χ0) is 14.4. The standard InChI is InChI=1S/C15H22N4O/c1-4-20-14-7-5-13(6-8-14)12(2)16-10-9-15-17-11-19(3)18-15/h5-8,11-12,16H,4,9-10H2,1-3H3. The number of aryl methyl sites for hydroxylation is 1. The van der Waals surface area contributed by atoms with Crippen molar-refractivity contribution in [1.82, 2.24) is 20.1 Å². The van der Waals surface area contributed by atoms with E-state index in [1.54, 1.807) is 11.0 Å². The van der Waals surface area contributed by atoms with E-state index in [-0.39, 0.29) is 0 Å². The SMILES string of the molecule is CCOc1ccc(C(C)NCCc2ncn(C)n2)cc1. The molecule has 0 fully saturated rings.